The van der Waals surface area contributed by atoms with Gasteiger partial charge in [-0.05, 0) is 6.42 Å². The van der Waals surface area contributed by atoms with E-state index in [1.165, 1.54) is 6.42 Å². The lowest BCUT2D eigenvalue weighted by atomic mass is 10.3. The summed E-state index contributed by atoms with van der Waals surface area (Å²) in [6.07, 6.45) is 2.36. The maximum Gasteiger partial charge on any atom is 0.0885 e. The molecule has 0 radical (unpaired) electrons. The van der Waals surface area contributed by atoms with Crippen molar-refractivity contribution >= 4 is 0 Å². The van der Waals surface area contributed by atoms with Gasteiger partial charge in [-0.2, -0.15) is 0 Å². The summed E-state index contributed by atoms with van der Waals surface area (Å²) in [5.74, 6) is 0.568. The van der Waals surface area contributed by atoms with E-state index in [4.69, 9.17) is 5.73 Å². The van der Waals surface area contributed by atoms with Gasteiger partial charge in [0.15, 0.2) is 0 Å². The van der Waals surface area contributed by atoms with Crippen LogP contribution in [0.3, 0.4) is 0 Å². The fourth-order valence-electron chi connectivity index (χ4n) is 0.426. The van der Waals surface area contributed by atoms with Crippen LogP contribution in [0.25, 0.3) is 0 Å². The van der Waals surface area contributed by atoms with Crippen molar-refractivity contribution in [3.05, 3.63) is 12.4 Å². The monoisotopic (exact) mass is 144 g/mol. The van der Waals surface area contributed by atoms with Gasteiger partial charge in [0.2, 0.25) is 0 Å². The molecule has 0 aliphatic rings. The zero-order chi connectivity index (χ0) is 8.41. The third kappa shape index (κ3) is 15.7. The highest BCUT2D eigenvalue weighted by Crippen LogP contribution is 1.82. The van der Waals surface area contributed by atoms with Crippen LogP contribution in [0.4, 0.5) is 0 Å². The first-order valence-electron chi connectivity index (χ1n) is 3.95. The first kappa shape index (κ1) is 12.1. The molecule has 0 atom stereocenters. The third-order valence-corrected chi connectivity index (χ3v) is 0.882. The van der Waals surface area contributed by atoms with Gasteiger partial charge in [-0.25, -0.2) is 0 Å². The minimum absolute atomic E-state index is 0.568. The Morgan fingerprint density at radius 3 is 2.30 bits per heavy atom. The Morgan fingerprint density at radius 2 is 2.00 bits per heavy atom. The highest BCUT2D eigenvalue weighted by atomic mass is 15.0. The van der Waals surface area contributed by atoms with Crippen LogP contribution >= 0.6 is 0 Å². The van der Waals surface area contributed by atoms with E-state index in [1.807, 2.05) is 13.8 Å². The first-order chi connectivity index (χ1) is 4.77. The molecule has 0 rings (SSSR count). The Hall–Kier alpha value is -0.660. The topological polar surface area (TPSA) is 38.0 Å². The molecule has 0 aromatic rings. The predicted molar refractivity (Wildman–Crippen MR) is 47.6 cm³/mol. The minimum Gasteiger partial charge on any atom is -0.386 e. The molecule has 0 saturated heterocycles. The van der Waals surface area contributed by atoms with Gasteiger partial charge in [0.1, 0.15) is 0 Å². The molecular formula is C8H20N2. The summed E-state index contributed by atoms with van der Waals surface area (Å²) < 4.78 is 0. The van der Waals surface area contributed by atoms with E-state index in [1.54, 1.807) is 0 Å². The molecule has 0 bridgehead atoms. The molecule has 0 aromatic heterocycles. The van der Waals surface area contributed by atoms with Gasteiger partial charge in [-0.3, -0.25) is 0 Å². The smallest absolute Gasteiger partial charge is 0.0885 e. The number of hydrogen-bond acceptors (Lipinski definition) is 2. The second-order valence-corrected chi connectivity index (χ2v) is 1.81. The molecule has 0 aromatic carbocycles. The van der Waals surface area contributed by atoms with Crippen LogP contribution in [0, 0.1) is 0 Å². The van der Waals surface area contributed by atoms with Crippen LogP contribution in [0.5, 0.6) is 0 Å². The van der Waals surface area contributed by atoms with Gasteiger partial charge < -0.3 is 11.1 Å². The summed E-state index contributed by atoms with van der Waals surface area (Å²) in [5, 5.41) is 2.93. The van der Waals surface area contributed by atoms with Gasteiger partial charge in [0, 0.05) is 6.54 Å². The normalized spacial score (nSPS) is 7.50. The van der Waals surface area contributed by atoms with E-state index in [0.29, 0.717) is 5.82 Å². The molecule has 0 aliphatic carbocycles. The summed E-state index contributed by atoms with van der Waals surface area (Å²) in [6, 6.07) is 0. The van der Waals surface area contributed by atoms with E-state index in [9.17, 15) is 0 Å². The molecule has 0 amide bonds. The highest BCUT2D eigenvalue weighted by Gasteiger charge is 1.81. The van der Waals surface area contributed by atoms with Crippen molar-refractivity contribution in [2.75, 3.05) is 6.54 Å². The van der Waals surface area contributed by atoms with E-state index in [2.05, 4.69) is 18.8 Å². The highest BCUT2D eigenvalue weighted by molar-refractivity contribution is 4.81. The molecule has 2 nitrogen and oxygen atoms in total. The van der Waals surface area contributed by atoms with Crippen molar-refractivity contribution in [1.29, 1.82) is 0 Å². The van der Waals surface area contributed by atoms with Crippen molar-refractivity contribution in [3.8, 4) is 0 Å². The largest absolute Gasteiger partial charge is 0.386 e. The molecule has 0 spiro atoms. The van der Waals surface area contributed by atoms with Crippen LogP contribution in [0.15, 0.2) is 12.4 Å². The molecule has 62 valence electrons. The van der Waals surface area contributed by atoms with E-state index in [-0.39, 0.29) is 0 Å². The fourth-order valence-corrected chi connectivity index (χ4v) is 0.426. The van der Waals surface area contributed by atoms with Crippen molar-refractivity contribution in [3.63, 3.8) is 0 Å². The number of nitrogens with one attached hydrogen (secondary N) is 1. The van der Waals surface area contributed by atoms with Crippen molar-refractivity contribution in [2.45, 2.75) is 33.6 Å². The maximum atomic E-state index is 5.23. The number of unbranched alkanes of at least 4 members (excludes halogenated alkanes) is 1. The maximum absolute atomic E-state index is 5.23. The van der Waals surface area contributed by atoms with Crippen LogP contribution in [-0.4, -0.2) is 6.54 Å². The van der Waals surface area contributed by atoms with E-state index < -0.39 is 0 Å². The standard InChI is InChI=1S/C6H14N2.C2H6/c1-3-4-5-8-6(2)7;1-2/h8H,2-5,7H2,1H3;1-2H3. The summed E-state index contributed by atoms with van der Waals surface area (Å²) >= 11 is 0. The minimum atomic E-state index is 0.568. The molecule has 3 N–H and O–H groups in total. The Bertz CT molecular complexity index is 69.7. The number of nitrogens with two attached hydrogens (primary N) is 1. The quantitative estimate of drug-likeness (QED) is 0.591. The molecular weight excluding hydrogens is 124 g/mol. The Labute approximate surface area is 64.5 Å². The van der Waals surface area contributed by atoms with Crippen LogP contribution in [0.1, 0.15) is 33.6 Å². The van der Waals surface area contributed by atoms with Crippen LogP contribution < -0.4 is 11.1 Å². The Kier molecular flexibility index (Phi) is 13.5. The van der Waals surface area contributed by atoms with Gasteiger partial charge in [-0.15, -0.1) is 0 Å². The molecule has 0 heterocycles. The molecule has 0 saturated carbocycles. The lowest BCUT2D eigenvalue weighted by Crippen LogP contribution is -2.19. The average Bonchev–Trinajstić information content (AvgIpc) is 1.92. The molecule has 0 fully saturated rings. The first-order valence-corrected chi connectivity index (χ1v) is 3.95. The molecule has 0 aliphatic heterocycles. The van der Waals surface area contributed by atoms with Gasteiger partial charge >= 0.3 is 0 Å². The zero-order valence-electron chi connectivity index (χ0n) is 7.41. The Morgan fingerprint density at radius 1 is 1.50 bits per heavy atom. The number of rotatable bonds is 4. The fraction of sp³-hybridized carbons (Fsp3) is 0.750. The van der Waals surface area contributed by atoms with Gasteiger partial charge in [-0.1, -0.05) is 33.8 Å². The predicted octanol–water partition coefficient (Wildman–Crippen LogP) is 1.83. The number of hydrogen-bond donors (Lipinski definition) is 2. The SMILES string of the molecule is C=C(N)NCCCC.CC. The zero-order valence-corrected chi connectivity index (χ0v) is 7.41. The summed E-state index contributed by atoms with van der Waals surface area (Å²) in [7, 11) is 0. The van der Waals surface area contributed by atoms with E-state index in [0.717, 1.165) is 13.0 Å². The van der Waals surface area contributed by atoms with Gasteiger partial charge in [0.05, 0.1) is 5.82 Å². The summed E-state index contributed by atoms with van der Waals surface area (Å²) in [4.78, 5) is 0. The Balaban J connectivity index is 0. The molecule has 10 heavy (non-hydrogen) atoms. The lowest BCUT2D eigenvalue weighted by molar-refractivity contribution is 0.707. The van der Waals surface area contributed by atoms with Gasteiger partial charge in [0.25, 0.3) is 0 Å². The average molecular weight is 144 g/mol. The summed E-state index contributed by atoms with van der Waals surface area (Å²) in [5.41, 5.74) is 5.23. The van der Waals surface area contributed by atoms with Crippen LogP contribution in [0.2, 0.25) is 0 Å². The summed E-state index contributed by atoms with van der Waals surface area (Å²) in [6.45, 7) is 10.6. The molecule has 2 heteroatoms. The van der Waals surface area contributed by atoms with Crippen molar-refractivity contribution in [1.82, 2.24) is 5.32 Å². The lowest BCUT2D eigenvalue weighted by Gasteiger charge is -2.00. The second kappa shape index (κ2) is 11.2. The third-order valence-electron chi connectivity index (χ3n) is 0.882. The molecule has 0 unspecified atom stereocenters. The second-order valence-electron chi connectivity index (χ2n) is 1.81. The van der Waals surface area contributed by atoms with Crippen LogP contribution in [-0.2, 0) is 0 Å². The van der Waals surface area contributed by atoms with E-state index >= 15 is 0 Å². The van der Waals surface area contributed by atoms with Crippen molar-refractivity contribution in [2.24, 2.45) is 5.73 Å². The van der Waals surface area contributed by atoms with Crippen molar-refractivity contribution < 1.29 is 0 Å².